The van der Waals surface area contributed by atoms with Gasteiger partial charge in [-0.2, -0.15) is 0 Å². The summed E-state index contributed by atoms with van der Waals surface area (Å²) in [6.07, 6.45) is 7.39. The largest absolute Gasteiger partial charge is 0.463 e. The molecule has 2 rings (SSSR count). The predicted octanol–water partition coefficient (Wildman–Crippen LogP) is 2.85. The van der Waals surface area contributed by atoms with Crippen molar-refractivity contribution in [3.8, 4) is 0 Å². The number of esters is 1. The summed E-state index contributed by atoms with van der Waals surface area (Å²) in [6.45, 7) is 4.20. The number of rotatable bonds is 2. The first-order valence-corrected chi connectivity index (χ1v) is 8.15. The lowest BCUT2D eigenvalue weighted by atomic mass is 9.75. The van der Waals surface area contributed by atoms with E-state index in [0.717, 1.165) is 42.1 Å². The zero-order chi connectivity index (χ0) is 13.9. The molecule has 1 N–H and O–H groups in total. The first kappa shape index (κ1) is 14.4. The molecule has 5 heteroatoms. The number of ether oxygens (including phenoxy) is 1. The second kappa shape index (κ2) is 5.99. The fraction of sp³-hybridized carbons (Fsp3) is 0.714. The van der Waals surface area contributed by atoms with Crippen LogP contribution in [-0.4, -0.2) is 29.5 Å². The van der Waals surface area contributed by atoms with Crippen LogP contribution in [0.15, 0.2) is 16.3 Å². The summed E-state index contributed by atoms with van der Waals surface area (Å²) in [4.78, 5) is 17.1. The molecule has 0 saturated heterocycles. The number of amidine groups is 1. The molecule has 1 aliphatic heterocycles. The number of nitrogens with one attached hydrogen (secondary N) is 1. The lowest BCUT2D eigenvalue weighted by molar-refractivity contribution is -0.139. The van der Waals surface area contributed by atoms with E-state index in [1.165, 1.54) is 6.42 Å². The van der Waals surface area contributed by atoms with Gasteiger partial charge in [-0.1, -0.05) is 31.0 Å². The van der Waals surface area contributed by atoms with Crippen molar-refractivity contribution in [2.75, 3.05) is 12.9 Å². The Hall–Kier alpha value is -0.970. The van der Waals surface area contributed by atoms with Crippen LogP contribution in [0.5, 0.6) is 0 Å². The SMILES string of the molecule is CCOC(=O)C1=C(C)NC(SC)=NC12CCCCC2. The molecule has 0 amide bonds. The van der Waals surface area contributed by atoms with Crippen molar-refractivity contribution in [2.24, 2.45) is 4.99 Å². The van der Waals surface area contributed by atoms with Gasteiger partial charge in [0, 0.05) is 5.70 Å². The van der Waals surface area contributed by atoms with Gasteiger partial charge >= 0.3 is 5.97 Å². The molecule has 0 aromatic rings. The highest BCUT2D eigenvalue weighted by atomic mass is 32.2. The molecule has 0 atom stereocenters. The van der Waals surface area contributed by atoms with Crippen molar-refractivity contribution in [3.63, 3.8) is 0 Å². The number of nitrogens with zero attached hydrogens (tertiary/aromatic N) is 1. The molecular weight excluding hydrogens is 260 g/mol. The Morgan fingerprint density at radius 3 is 2.68 bits per heavy atom. The van der Waals surface area contributed by atoms with Gasteiger partial charge in [0.05, 0.1) is 17.7 Å². The average molecular weight is 282 g/mol. The van der Waals surface area contributed by atoms with Gasteiger partial charge in [-0.05, 0) is 32.9 Å². The molecule has 1 fully saturated rings. The summed E-state index contributed by atoms with van der Waals surface area (Å²) in [5.74, 6) is -0.210. The monoisotopic (exact) mass is 282 g/mol. The van der Waals surface area contributed by atoms with E-state index in [-0.39, 0.29) is 11.5 Å². The van der Waals surface area contributed by atoms with Crippen LogP contribution in [-0.2, 0) is 9.53 Å². The van der Waals surface area contributed by atoms with Crippen LogP contribution in [0.2, 0.25) is 0 Å². The van der Waals surface area contributed by atoms with E-state index in [1.807, 2.05) is 20.1 Å². The number of hydrogen-bond acceptors (Lipinski definition) is 5. The molecular formula is C14H22N2O2S. The van der Waals surface area contributed by atoms with Crippen molar-refractivity contribution in [3.05, 3.63) is 11.3 Å². The molecule has 106 valence electrons. The molecule has 1 saturated carbocycles. The fourth-order valence-corrected chi connectivity index (χ4v) is 3.51. The number of aliphatic imine (C=N–C) groups is 1. The van der Waals surface area contributed by atoms with Crippen LogP contribution in [0.1, 0.15) is 46.0 Å². The Morgan fingerprint density at radius 2 is 2.11 bits per heavy atom. The van der Waals surface area contributed by atoms with Crippen LogP contribution in [0.3, 0.4) is 0 Å². The maximum Gasteiger partial charge on any atom is 0.338 e. The third-order valence-electron chi connectivity index (χ3n) is 3.80. The second-order valence-electron chi connectivity index (χ2n) is 5.06. The molecule has 1 spiro atoms. The van der Waals surface area contributed by atoms with E-state index >= 15 is 0 Å². The van der Waals surface area contributed by atoms with E-state index in [1.54, 1.807) is 11.8 Å². The highest BCUT2D eigenvalue weighted by Gasteiger charge is 2.43. The Balaban J connectivity index is 2.39. The van der Waals surface area contributed by atoms with Gasteiger partial charge in [0.25, 0.3) is 0 Å². The summed E-state index contributed by atoms with van der Waals surface area (Å²) >= 11 is 1.60. The van der Waals surface area contributed by atoms with Gasteiger partial charge in [0.1, 0.15) is 0 Å². The number of allylic oxidation sites excluding steroid dienone is 1. The quantitative estimate of drug-likeness (QED) is 0.791. The average Bonchev–Trinajstić information content (AvgIpc) is 2.39. The minimum atomic E-state index is -0.349. The molecule has 0 radical (unpaired) electrons. The second-order valence-corrected chi connectivity index (χ2v) is 5.85. The molecule has 0 aromatic carbocycles. The number of carbonyl (C=O) groups is 1. The summed E-state index contributed by atoms with van der Waals surface area (Å²) in [6, 6.07) is 0. The van der Waals surface area contributed by atoms with Crippen LogP contribution in [0.25, 0.3) is 0 Å². The minimum absolute atomic E-state index is 0.210. The lowest BCUT2D eigenvalue weighted by Gasteiger charge is -2.39. The van der Waals surface area contributed by atoms with Gasteiger partial charge in [0.15, 0.2) is 5.17 Å². The van der Waals surface area contributed by atoms with Crippen LogP contribution in [0, 0.1) is 0 Å². The Bertz CT molecular complexity index is 423. The van der Waals surface area contributed by atoms with E-state index < -0.39 is 0 Å². The van der Waals surface area contributed by atoms with Crippen LogP contribution in [0.4, 0.5) is 0 Å². The third-order valence-corrected chi connectivity index (χ3v) is 4.38. The van der Waals surface area contributed by atoms with E-state index in [4.69, 9.17) is 9.73 Å². The zero-order valence-corrected chi connectivity index (χ0v) is 12.7. The topological polar surface area (TPSA) is 50.7 Å². The zero-order valence-electron chi connectivity index (χ0n) is 11.9. The van der Waals surface area contributed by atoms with Gasteiger partial charge in [-0.3, -0.25) is 4.99 Å². The Labute approximate surface area is 119 Å². The Kier molecular flexibility index (Phi) is 4.55. The summed E-state index contributed by atoms with van der Waals surface area (Å²) in [7, 11) is 0. The van der Waals surface area contributed by atoms with Gasteiger partial charge in [-0.25, -0.2) is 4.79 Å². The molecule has 1 aliphatic carbocycles. The van der Waals surface area contributed by atoms with Crippen molar-refractivity contribution < 1.29 is 9.53 Å². The summed E-state index contributed by atoms with van der Waals surface area (Å²) in [5, 5.41) is 4.13. The number of thioether (sulfide) groups is 1. The van der Waals surface area contributed by atoms with Gasteiger partial charge in [-0.15, -0.1) is 0 Å². The van der Waals surface area contributed by atoms with Gasteiger partial charge in [0.2, 0.25) is 0 Å². The van der Waals surface area contributed by atoms with Crippen LogP contribution < -0.4 is 5.32 Å². The number of hydrogen-bond donors (Lipinski definition) is 1. The van der Waals surface area contributed by atoms with E-state index in [9.17, 15) is 4.79 Å². The molecule has 19 heavy (non-hydrogen) atoms. The molecule has 0 bridgehead atoms. The van der Waals surface area contributed by atoms with Crippen LogP contribution >= 0.6 is 11.8 Å². The normalized spacial score (nSPS) is 21.9. The fourth-order valence-electron chi connectivity index (χ4n) is 2.99. The summed E-state index contributed by atoms with van der Waals surface area (Å²) < 4.78 is 5.24. The Morgan fingerprint density at radius 1 is 1.42 bits per heavy atom. The first-order valence-electron chi connectivity index (χ1n) is 6.92. The molecule has 0 aromatic heterocycles. The van der Waals surface area contributed by atoms with Crippen molar-refractivity contribution in [2.45, 2.75) is 51.5 Å². The lowest BCUT2D eigenvalue weighted by Crippen LogP contribution is -2.44. The maximum atomic E-state index is 12.3. The highest BCUT2D eigenvalue weighted by molar-refractivity contribution is 8.13. The van der Waals surface area contributed by atoms with Crippen molar-refractivity contribution in [1.29, 1.82) is 0 Å². The van der Waals surface area contributed by atoms with Crippen molar-refractivity contribution in [1.82, 2.24) is 5.32 Å². The minimum Gasteiger partial charge on any atom is -0.463 e. The summed E-state index contributed by atoms with van der Waals surface area (Å²) in [5.41, 5.74) is 1.30. The van der Waals surface area contributed by atoms with Crippen molar-refractivity contribution >= 4 is 22.9 Å². The van der Waals surface area contributed by atoms with Gasteiger partial charge < -0.3 is 10.1 Å². The molecule has 2 aliphatic rings. The molecule has 4 nitrogen and oxygen atoms in total. The molecule has 0 unspecified atom stereocenters. The van der Waals surface area contributed by atoms with E-state index in [2.05, 4.69) is 5.32 Å². The molecule has 1 heterocycles. The smallest absolute Gasteiger partial charge is 0.338 e. The maximum absolute atomic E-state index is 12.3. The number of carbonyl (C=O) groups excluding carboxylic acids is 1. The predicted molar refractivity (Wildman–Crippen MR) is 79.2 cm³/mol. The first-order chi connectivity index (χ1) is 9.13. The standard InChI is InChI=1S/C14H22N2O2S/c1-4-18-12(17)11-10(2)15-13(19-3)16-14(11)8-6-5-7-9-14/h4-9H2,1-3H3,(H,15,16). The van der Waals surface area contributed by atoms with E-state index in [0.29, 0.717) is 6.61 Å². The highest BCUT2D eigenvalue weighted by Crippen LogP contribution is 2.41. The third kappa shape index (κ3) is 2.81.